The molecule has 0 rings (SSSR count). The molecule has 0 aromatic rings. The van der Waals surface area contributed by atoms with E-state index in [1.807, 2.05) is 6.92 Å². The highest BCUT2D eigenvalue weighted by atomic mass is 31.2. The minimum absolute atomic E-state index is 0.463. The first-order chi connectivity index (χ1) is 5.62. The molecule has 1 unspecified atom stereocenters. The molecule has 0 amide bonds. The molecular formula is C7H18NO3P. The van der Waals surface area contributed by atoms with Gasteiger partial charge >= 0.3 is 0 Å². The summed E-state index contributed by atoms with van der Waals surface area (Å²) in [4.78, 5) is 0. The average molecular weight is 195 g/mol. The fourth-order valence-electron chi connectivity index (χ4n) is 0.753. The third kappa shape index (κ3) is 6.80. The van der Waals surface area contributed by atoms with Crippen LogP contribution in [0.15, 0.2) is 0 Å². The Kier molecular flexibility index (Phi) is 6.67. The first-order valence-corrected chi connectivity index (χ1v) is 6.37. The zero-order valence-corrected chi connectivity index (χ0v) is 8.68. The average Bonchev–Trinajstić information content (AvgIpc) is 1.98. The predicted octanol–water partition coefficient (Wildman–Crippen LogP) is 0.906. The number of hydrogen-bond donors (Lipinski definition) is 1. The second-order valence-electron chi connectivity index (χ2n) is 2.56. The monoisotopic (exact) mass is 195 g/mol. The van der Waals surface area contributed by atoms with Crippen molar-refractivity contribution < 1.29 is 13.8 Å². The molecule has 0 aliphatic heterocycles. The minimum Gasteiger partial charge on any atom is -0.380 e. The highest BCUT2D eigenvalue weighted by molar-refractivity contribution is 7.58. The van der Waals surface area contributed by atoms with Gasteiger partial charge in [-0.2, -0.15) is 0 Å². The lowest BCUT2D eigenvalue weighted by Crippen LogP contribution is -2.11. The highest BCUT2D eigenvalue weighted by Gasteiger charge is 2.13. The van der Waals surface area contributed by atoms with Gasteiger partial charge in [0.15, 0.2) is 0 Å². The van der Waals surface area contributed by atoms with E-state index in [1.165, 1.54) is 0 Å². The Hall–Kier alpha value is 0.110. The number of rotatable bonds is 7. The van der Waals surface area contributed by atoms with E-state index in [1.54, 1.807) is 6.66 Å². The molecule has 0 fully saturated rings. The molecule has 0 spiro atoms. The van der Waals surface area contributed by atoms with Crippen molar-refractivity contribution in [3.63, 3.8) is 0 Å². The van der Waals surface area contributed by atoms with Crippen LogP contribution in [0.4, 0.5) is 0 Å². The molecule has 0 bridgehead atoms. The lowest BCUT2D eigenvalue weighted by atomic mass is 10.7. The predicted molar refractivity (Wildman–Crippen MR) is 49.9 cm³/mol. The number of hydrogen-bond acceptors (Lipinski definition) is 4. The van der Waals surface area contributed by atoms with Gasteiger partial charge in [-0.3, -0.25) is 4.57 Å². The molecule has 2 N–H and O–H groups in total. The van der Waals surface area contributed by atoms with E-state index in [9.17, 15) is 4.57 Å². The molecule has 1 atom stereocenters. The van der Waals surface area contributed by atoms with Crippen LogP contribution in [0.2, 0.25) is 0 Å². The summed E-state index contributed by atoms with van der Waals surface area (Å²) in [7, 11) is -2.40. The van der Waals surface area contributed by atoms with Crippen LogP contribution in [-0.4, -0.2) is 39.2 Å². The Morgan fingerprint density at radius 2 is 2.08 bits per heavy atom. The quantitative estimate of drug-likeness (QED) is 0.484. The topological polar surface area (TPSA) is 61.5 Å². The number of ether oxygens (including phenoxy) is 1. The van der Waals surface area contributed by atoms with Gasteiger partial charge in [0.1, 0.15) is 0 Å². The summed E-state index contributed by atoms with van der Waals surface area (Å²) in [5.74, 6) is 0. The summed E-state index contributed by atoms with van der Waals surface area (Å²) in [5, 5.41) is 0. The molecule has 0 aliphatic carbocycles. The zero-order valence-electron chi connectivity index (χ0n) is 7.78. The third-order valence-electron chi connectivity index (χ3n) is 1.31. The number of nitrogens with two attached hydrogens (primary N) is 1. The molecule has 0 aromatic carbocycles. The molecule has 0 radical (unpaired) electrons. The van der Waals surface area contributed by atoms with Crippen molar-refractivity contribution in [2.75, 3.05) is 39.2 Å². The molecule has 0 aliphatic rings. The standard InChI is InChI=1S/C7H18NO3P/c1-3-11-12(2,9)7-6-10-5-4-8/h3-8H2,1-2H3. The van der Waals surface area contributed by atoms with E-state index in [4.69, 9.17) is 15.0 Å². The molecule has 12 heavy (non-hydrogen) atoms. The van der Waals surface area contributed by atoms with Gasteiger partial charge in [0, 0.05) is 19.4 Å². The third-order valence-corrected chi connectivity index (χ3v) is 3.11. The van der Waals surface area contributed by atoms with Crippen molar-refractivity contribution in [3.05, 3.63) is 0 Å². The first kappa shape index (κ1) is 12.1. The van der Waals surface area contributed by atoms with Crippen molar-refractivity contribution in [1.82, 2.24) is 0 Å². The van der Waals surface area contributed by atoms with Crippen LogP contribution in [0.3, 0.4) is 0 Å². The fraction of sp³-hybridized carbons (Fsp3) is 1.00. The Bertz CT molecular complexity index is 152. The normalized spacial score (nSPS) is 15.9. The summed E-state index contributed by atoms with van der Waals surface area (Å²) < 4.78 is 21.6. The van der Waals surface area contributed by atoms with Gasteiger partial charge < -0.3 is 15.0 Å². The van der Waals surface area contributed by atoms with Crippen LogP contribution in [0, 0.1) is 0 Å². The van der Waals surface area contributed by atoms with E-state index in [0.717, 1.165) is 0 Å². The van der Waals surface area contributed by atoms with Gasteiger partial charge in [-0.25, -0.2) is 0 Å². The summed E-state index contributed by atoms with van der Waals surface area (Å²) in [5.41, 5.74) is 5.21. The summed E-state index contributed by atoms with van der Waals surface area (Å²) >= 11 is 0. The van der Waals surface area contributed by atoms with Gasteiger partial charge in [0.05, 0.1) is 19.8 Å². The molecule has 0 saturated carbocycles. The van der Waals surface area contributed by atoms with Crippen molar-refractivity contribution in [3.8, 4) is 0 Å². The summed E-state index contributed by atoms with van der Waals surface area (Å²) in [6.07, 6.45) is 0.473. The van der Waals surface area contributed by atoms with Crippen LogP contribution >= 0.6 is 7.37 Å². The van der Waals surface area contributed by atoms with Crippen LogP contribution in [0.1, 0.15) is 6.92 Å². The van der Waals surface area contributed by atoms with Gasteiger partial charge in [0.2, 0.25) is 7.37 Å². The fourth-order valence-corrected chi connectivity index (χ4v) is 1.89. The Morgan fingerprint density at radius 1 is 1.42 bits per heavy atom. The smallest absolute Gasteiger partial charge is 0.202 e. The van der Waals surface area contributed by atoms with Crippen molar-refractivity contribution >= 4 is 7.37 Å². The van der Waals surface area contributed by atoms with E-state index in [2.05, 4.69) is 0 Å². The van der Waals surface area contributed by atoms with Gasteiger partial charge in [0.25, 0.3) is 0 Å². The Labute approximate surface area is 73.9 Å². The maximum Gasteiger partial charge on any atom is 0.202 e. The second kappa shape index (κ2) is 6.61. The van der Waals surface area contributed by atoms with Gasteiger partial charge in [-0.05, 0) is 6.92 Å². The van der Waals surface area contributed by atoms with E-state index < -0.39 is 7.37 Å². The van der Waals surface area contributed by atoms with E-state index >= 15 is 0 Å². The van der Waals surface area contributed by atoms with E-state index in [-0.39, 0.29) is 0 Å². The zero-order chi connectivity index (χ0) is 9.45. The lowest BCUT2D eigenvalue weighted by molar-refractivity contribution is 0.154. The lowest BCUT2D eigenvalue weighted by Gasteiger charge is -2.11. The molecule has 74 valence electrons. The van der Waals surface area contributed by atoms with Crippen molar-refractivity contribution in [2.45, 2.75) is 6.92 Å². The molecule has 0 saturated heterocycles. The first-order valence-electron chi connectivity index (χ1n) is 4.11. The largest absolute Gasteiger partial charge is 0.380 e. The van der Waals surface area contributed by atoms with Gasteiger partial charge in [-0.1, -0.05) is 0 Å². The molecular weight excluding hydrogens is 177 g/mol. The maximum absolute atomic E-state index is 11.4. The Morgan fingerprint density at radius 3 is 2.58 bits per heavy atom. The van der Waals surface area contributed by atoms with Crippen LogP contribution in [-0.2, 0) is 13.8 Å². The molecule has 4 nitrogen and oxygen atoms in total. The second-order valence-corrected chi connectivity index (χ2v) is 5.29. The van der Waals surface area contributed by atoms with Crippen LogP contribution < -0.4 is 5.73 Å². The molecule has 0 aromatic heterocycles. The molecule has 5 heteroatoms. The summed E-state index contributed by atoms with van der Waals surface area (Å²) in [6.45, 7) is 5.43. The summed E-state index contributed by atoms with van der Waals surface area (Å²) in [6, 6.07) is 0. The highest BCUT2D eigenvalue weighted by Crippen LogP contribution is 2.41. The Balaban J connectivity index is 3.41. The SMILES string of the molecule is CCOP(C)(=O)CCOCCN. The maximum atomic E-state index is 11.4. The molecule has 0 heterocycles. The minimum atomic E-state index is -2.40. The van der Waals surface area contributed by atoms with Gasteiger partial charge in [-0.15, -0.1) is 0 Å². The van der Waals surface area contributed by atoms with E-state index in [0.29, 0.717) is 32.5 Å². The van der Waals surface area contributed by atoms with Crippen molar-refractivity contribution in [1.29, 1.82) is 0 Å². The van der Waals surface area contributed by atoms with Crippen molar-refractivity contribution in [2.24, 2.45) is 5.73 Å². The van der Waals surface area contributed by atoms with Crippen LogP contribution in [0.25, 0.3) is 0 Å². The van der Waals surface area contributed by atoms with Crippen LogP contribution in [0.5, 0.6) is 0 Å².